The fourth-order valence-corrected chi connectivity index (χ4v) is 3.17. The average molecular weight is 468 g/mol. The van der Waals surface area contributed by atoms with Crippen molar-refractivity contribution < 1.29 is 4.39 Å². The Kier molecular flexibility index (Phi) is 7.40. The molecule has 1 aliphatic rings. The Balaban J connectivity index is 0.00000243. The quantitative estimate of drug-likeness (QED) is 0.398. The summed E-state index contributed by atoms with van der Waals surface area (Å²) in [7, 11) is 3.84. The second kappa shape index (κ2) is 9.32. The molecule has 0 radical (unpaired) electrons. The normalized spacial score (nSPS) is 13.5. The molecule has 0 unspecified atom stereocenters. The van der Waals surface area contributed by atoms with Crippen LogP contribution in [0.3, 0.4) is 0 Å². The number of fused-ring (bicyclic) bond motifs is 1. The number of guanidine groups is 1. The number of anilines is 1. The molecule has 0 spiro atoms. The van der Waals surface area contributed by atoms with Crippen LogP contribution in [0.25, 0.3) is 0 Å². The third-order valence-corrected chi connectivity index (χ3v) is 4.41. The highest BCUT2D eigenvalue weighted by Crippen LogP contribution is 2.24. The van der Waals surface area contributed by atoms with Crippen molar-refractivity contribution in [3.63, 3.8) is 0 Å². The van der Waals surface area contributed by atoms with Gasteiger partial charge in [-0.2, -0.15) is 0 Å². The summed E-state index contributed by atoms with van der Waals surface area (Å²) < 4.78 is 14.1. The lowest BCUT2D eigenvalue weighted by atomic mass is 10.1. The molecule has 0 fully saturated rings. The van der Waals surface area contributed by atoms with Crippen molar-refractivity contribution in [2.45, 2.75) is 32.4 Å². The molecule has 2 aromatic rings. The highest BCUT2D eigenvalue weighted by Gasteiger charge is 2.11. The van der Waals surface area contributed by atoms with Gasteiger partial charge >= 0.3 is 0 Å². The molecule has 26 heavy (non-hydrogen) atoms. The Labute approximate surface area is 171 Å². The van der Waals surface area contributed by atoms with Crippen molar-refractivity contribution in [2.75, 3.05) is 19.4 Å². The second-order valence-electron chi connectivity index (χ2n) is 6.83. The molecule has 0 bridgehead atoms. The molecule has 4 nitrogen and oxygen atoms in total. The van der Waals surface area contributed by atoms with Gasteiger partial charge in [0.05, 0.1) is 6.54 Å². The molecule has 0 saturated heterocycles. The van der Waals surface area contributed by atoms with E-state index >= 15 is 0 Å². The molecule has 3 N–H and O–H groups in total. The Bertz CT molecular complexity index is 789. The number of nitrogens with one attached hydrogen (secondary N) is 1. The number of nitrogens with two attached hydrogens (primary N) is 1. The summed E-state index contributed by atoms with van der Waals surface area (Å²) in [6.07, 6.45) is 3.51. The molecular weight excluding hydrogens is 442 g/mol. The van der Waals surface area contributed by atoms with Gasteiger partial charge in [0.1, 0.15) is 5.82 Å². The van der Waals surface area contributed by atoms with E-state index < -0.39 is 0 Å². The highest BCUT2D eigenvalue weighted by molar-refractivity contribution is 14.0. The van der Waals surface area contributed by atoms with Crippen LogP contribution in [0, 0.1) is 5.82 Å². The molecule has 2 aromatic carbocycles. The number of hydrogen-bond donors (Lipinski definition) is 2. The number of aliphatic imine (C=N–C) groups is 1. The largest absolute Gasteiger partial charge is 0.370 e. The Hall–Kier alpha value is -1.67. The van der Waals surface area contributed by atoms with Gasteiger partial charge in [-0.25, -0.2) is 9.38 Å². The lowest BCUT2D eigenvalue weighted by Crippen LogP contribution is -2.22. The number of hydrogen-bond acceptors (Lipinski definition) is 2. The first-order chi connectivity index (χ1) is 12.0. The molecule has 0 aliphatic heterocycles. The SMILES string of the molecule is CN(C)Cc1ccc(CN=C(N)Nc2ccc3c(c2)CCC3)cc1F.I. The smallest absolute Gasteiger partial charge is 0.193 e. The maximum Gasteiger partial charge on any atom is 0.193 e. The fraction of sp³-hybridized carbons (Fsp3) is 0.350. The number of halogens is 2. The van der Waals surface area contributed by atoms with E-state index in [0.717, 1.165) is 24.1 Å². The first kappa shape index (κ1) is 20.6. The summed E-state index contributed by atoms with van der Waals surface area (Å²) in [4.78, 5) is 6.26. The molecule has 0 atom stereocenters. The molecule has 3 rings (SSSR count). The Morgan fingerprint density at radius 2 is 1.92 bits per heavy atom. The van der Waals surface area contributed by atoms with Crippen LogP contribution < -0.4 is 11.1 Å². The number of nitrogens with zero attached hydrogens (tertiary/aromatic N) is 2. The van der Waals surface area contributed by atoms with Crippen molar-refractivity contribution in [2.24, 2.45) is 10.7 Å². The van der Waals surface area contributed by atoms with Crippen molar-refractivity contribution in [3.05, 3.63) is 64.5 Å². The van der Waals surface area contributed by atoms with Crippen LogP contribution in [0.2, 0.25) is 0 Å². The zero-order valence-corrected chi connectivity index (χ0v) is 17.6. The molecular formula is C20H26FIN4. The van der Waals surface area contributed by atoms with Crippen LogP contribution in [-0.2, 0) is 25.9 Å². The van der Waals surface area contributed by atoms with E-state index in [1.54, 1.807) is 0 Å². The van der Waals surface area contributed by atoms with Gasteiger partial charge in [-0.15, -0.1) is 24.0 Å². The predicted octanol–water partition coefficient (Wildman–Crippen LogP) is 3.92. The minimum Gasteiger partial charge on any atom is -0.370 e. The maximum atomic E-state index is 14.1. The summed E-state index contributed by atoms with van der Waals surface area (Å²) >= 11 is 0. The first-order valence-electron chi connectivity index (χ1n) is 8.62. The van der Waals surface area contributed by atoms with E-state index in [-0.39, 0.29) is 29.8 Å². The van der Waals surface area contributed by atoms with Gasteiger partial charge in [-0.05, 0) is 68.2 Å². The lowest BCUT2D eigenvalue weighted by Gasteiger charge is -2.11. The minimum atomic E-state index is -0.202. The Morgan fingerprint density at radius 3 is 2.65 bits per heavy atom. The summed E-state index contributed by atoms with van der Waals surface area (Å²) in [6, 6.07) is 11.6. The van der Waals surface area contributed by atoms with Crippen molar-refractivity contribution in [3.8, 4) is 0 Å². The predicted molar refractivity (Wildman–Crippen MR) is 117 cm³/mol. The van der Waals surface area contributed by atoms with Gasteiger partial charge in [0, 0.05) is 17.8 Å². The third kappa shape index (κ3) is 5.41. The highest BCUT2D eigenvalue weighted by atomic mass is 127. The van der Waals surface area contributed by atoms with E-state index in [0.29, 0.717) is 24.6 Å². The van der Waals surface area contributed by atoms with Gasteiger partial charge in [-0.3, -0.25) is 0 Å². The van der Waals surface area contributed by atoms with Crippen LogP contribution in [0.15, 0.2) is 41.4 Å². The van der Waals surface area contributed by atoms with Crippen LogP contribution in [0.4, 0.5) is 10.1 Å². The fourth-order valence-electron chi connectivity index (χ4n) is 3.17. The monoisotopic (exact) mass is 468 g/mol. The second-order valence-corrected chi connectivity index (χ2v) is 6.83. The number of benzene rings is 2. The summed E-state index contributed by atoms with van der Waals surface area (Å²) in [6.45, 7) is 0.931. The zero-order chi connectivity index (χ0) is 17.8. The van der Waals surface area contributed by atoms with E-state index in [1.807, 2.05) is 37.2 Å². The molecule has 1 aliphatic carbocycles. The van der Waals surface area contributed by atoms with E-state index in [9.17, 15) is 4.39 Å². The third-order valence-electron chi connectivity index (χ3n) is 4.41. The average Bonchev–Trinajstić information content (AvgIpc) is 3.02. The maximum absolute atomic E-state index is 14.1. The topological polar surface area (TPSA) is 53.6 Å². The molecule has 140 valence electrons. The standard InChI is InChI=1S/C20H25FN4.HI/c1-25(2)13-17-7-6-14(10-19(17)21)12-23-20(22)24-18-9-8-15-4-3-5-16(15)11-18;/h6-11H,3-5,12-13H2,1-2H3,(H3,22,23,24);1H. The van der Waals surface area contributed by atoms with Gasteiger partial charge in [0.2, 0.25) is 0 Å². The van der Waals surface area contributed by atoms with Crippen molar-refractivity contribution in [1.82, 2.24) is 4.90 Å². The van der Waals surface area contributed by atoms with Crippen LogP contribution in [-0.4, -0.2) is 25.0 Å². The van der Waals surface area contributed by atoms with Gasteiger partial charge in [0.25, 0.3) is 0 Å². The summed E-state index contributed by atoms with van der Waals surface area (Å²) in [5, 5.41) is 3.12. The van der Waals surface area contributed by atoms with Crippen molar-refractivity contribution in [1.29, 1.82) is 0 Å². The summed E-state index contributed by atoms with van der Waals surface area (Å²) in [5.41, 5.74) is 11.2. The molecule has 0 amide bonds. The van der Waals surface area contributed by atoms with E-state index in [1.165, 1.54) is 23.6 Å². The molecule has 6 heteroatoms. The molecule has 0 saturated carbocycles. The first-order valence-corrected chi connectivity index (χ1v) is 8.62. The van der Waals surface area contributed by atoms with Gasteiger partial charge < -0.3 is 16.0 Å². The van der Waals surface area contributed by atoms with E-state index in [4.69, 9.17) is 5.73 Å². The molecule has 0 heterocycles. The number of rotatable bonds is 5. The van der Waals surface area contributed by atoms with Crippen LogP contribution in [0.1, 0.15) is 28.7 Å². The van der Waals surface area contributed by atoms with Crippen LogP contribution in [0.5, 0.6) is 0 Å². The minimum absolute atomic E-state index is 0. The summed E-state index contributed by atoms with van der Waals surface area (Å²) in [5.74, 6) is 0.141. The van der Waals surface area contributed by atoms with Crippen LogP contribution >= 0.6 is 24.0 Å². The number of aryl methyl sites for hydroxylation is 2. The zero-order valence-electron chi connectivity index (χ0n) is 15.3. The van der Waals surface area contributed by atoms with Gasteiger partial charge in [0.15, 0.2) is 5.96 Å². The lowest BCUT2D eigenvalue weighted by molar-refractivity contribution is 0.392. The van der Waals surface area contributed by atoms with E-state index in [2.05, 4.69) is 22.4 Å². The molecule has 0 aromatic heterocycles. The van der Waals surface area contributed by atoms with Crippen molar-refractivity contribution >= 4 is 35.6 Å². The van der Waals surface area contributed by atoms with Gasteiger partial charge in [-0.1, -0.05) is 18.2 Å². The Morgan fingerprint density at radius 1 is 1.15 bits per heavy atom.